The normalized spacial score (nSPS) is 12.6. The fraction of sp³-hybridized carbons (Fsp3) is 0.385. The average molecular weight is 512 g/mol. The first-order chi connectivity index (χ1) is 16.4. The fourth-order valence-electron chi connectivity index (χ4n) is 3.25. The van der Waals surface area contributed by atoms with Crippen LogP contribution < -0.4 is 15.5 Å². The molecule has 1 aromatic heterocycles. The Hall–Kier alpha value is -2.97. The van der Waals surface area contributed by atoms with E-state index in [-0.39, 0.29) is 21.8 Å². The number of aliphatic imine (C=N–C) groups is 1. The standard InChI is InChI=1S/C26H34ClN5O2Si/c1-26(2,3)35(4,5)34-21-12-11-19-14-18(9-10-20(19)15-21)8-6-7-13-30-25(28)32-24(33)22-16-29-17-23(27)31-22/h9-12,14-17H,6-8,13H2,1-5H3,(H3,28,30,32,33). The number of hydrogen-bond donors (Lipinski definition) is 2. The molecule has 1 amide bonds. The van der Waals surface area contributed by atoms with Crippen LogP contribution >= 0.6 is 11.6 Å². The summed E-state index contributed by atoms with van der Waals surface area (Å²) in [5.74, 6) is 0.510. The topological polar surface area (TPSA) is 102 Å². The molecule has 0 saturated carbocycles. The van der Waals surface area contributed by atoms with Gasteiger partial charge in [-0.2, -0.15) is 0 Å². The maximum atomic E-state index is 12.1. The number of rotatable bonds is 8. The predicted molar refractivity (Wildman–Crippen MR) is 146 cm³/mol. The van der Waals surface area contributed by atoms with Crippen molar-refractivity contribution in [1.82, 2.24) is 15.3 Å². The molecule has 9 heteroatoms. The van der Waals surface area contributed by atoms with Crippen LogP contribution in [0.4, 0.5) is 0 Å². The second-order valence-electron chi connectivity index (χ2n) is 10.1. The summed E-state index contributed by atoms with van der Waals surface area (Å²) >= 11 is 5.75. The molecule has 0 atom stereocenters. The van der Waals surface area contributed by atoms with Gasteiger partial charge < -0.3 is 10.2 Å². The van der Waals surface area contributed by atoms with Crippen molar-refractivity contribution in [1.29, 1.82) is 0 Å². The molecule has 1 heterocycles. The molecule has 0 aliphatic rings. The van der Waals surface area contributed by atoms with Crippen molar-refractivity contribution in [3.05, 3.63) is 65.2 Å². The Morgan fingerprint density at radius 1 is 1.11 bits per heavy atom. The molecule has 35 heavy (non-hydrogen) atoms. The van der Waals surface area contributed by atoms with Crippen LogP contribution in [0.25, 0.3) is 10.8 Å². The number of unbranched alkanes of at least 4 members (excludes halogenated alkanes) is 1. The molecule has 3 N–H and O–H groups in total. The average Bonchev–Trinajstić information content (AvgIpc) is 2.77. The Morgan fingerprint density at radius 3 is 2.54 bits per heavy atom. The number of carbonyl (C=O) groups excluding carboxylic acids is 1. The quantitative estimate of drug-likeness (QED) is 0.174. The molecule has 0 bridgehead atoms. The van der Waals surface area contributed by atoms with Gasteiger partial charge in [-0.05, 0) is 65.9 Å². The number of aryl methyl sites for hydroxylation is 1. The maximum absolute atomic E-state index is 12.1. The van der Waals surface area contributed by atoms with Crippen LogP contribution in [0.3, 0.4) is 0 Å². The van der Waals surface area contributed by atoms with Crippen LogP contribution in [0.1, 0.15) is 49.7 Å². The molecular formula is C26H34ClN5O2Si. The van der Waals surface area contributed by atoms with E-state index in [0.29, 0.717) is 6.54 Å². The lowest BCUT2D eigenvalue weighted by molar-refractivity contribution is 0.0971. The third-order valence-electron chi connectivity index (χ3n) is 6.29. The van der Waals surface area contributed by atoms with Crippen molar-refractivity contribution in [2.45, 2.75) is 58.2 Å². The number of nitrogens with one attached hydrogen (secondary N) is 1. The zero-order valence-corrected chi connectivity index (χ0v) is 22.8. The van der Waals surface area contributed by atoms with Crippen LogP contribution in [-0.4, -0.2) is 36.7 Å². The summed E-state index contributed by atoms with van der Waals surface area (Å²) in [6.07, 6.45) is 5.43. The Labute approximate surface area is 213 Å². The lowest BCUT2D eigenvalue weighted by atomic mass is 10.0. The van der Waals surface area contributed by atoms with E-state index in [4.69, 9.17) is 21.8 Å². The van der Waals surface area contributed by atoms with E-state index in [1.807, 2.05) is 0 Å². The molecule has 0 fully saturated rings. The van der Waals surface area contributed by atoms with Crippen LogP contribution in [0.2, 0.25) is 23.3 Å². The van der Waals surface area contributed by atoms with E-state index < -0.39 is 14.2 Å². The highest BCUT2D eigenvalue weighted by molar-refractivity contribution is 6.74. The highest BCUT2D eigenvalue weighted by Crippen LogP contribution is 2.38. The van der Waals surface area contributed by atoms with Crippen LogP contribution in [0.5, 0.6) is 5.75 Å². The van der Waals surface area contributed by atoms with Gasteiger partial charge in [0.25, 0.3) is 5.91 Å². The summed E-state index contributed by atoms with van der Waals surface area (Å²) in [7, 11) is -1.86. The second kappa shape index (κ2) is 11.2. The molecule has 0 saturated heterocycles. The van der Waals surface area contributed by atoms with Gasteiger partial charge in [0.15, 0.2) is 5.96 Å². The highest BCUT2D eigenvalue weighted by Gasteiger charge is 2.38. The molecule has 2 aromatic carbocycles. The Bertz CT molecular complexity index is 1220. The van der Waals surface area contributed by atoms with Crippen LogP contribution in [0, 0.1) is 0 Å². The summed E-state index contributed by atoms with van der Waals surface area (Å²) in [6, 6.07) is 12.9. The molecule has 186 valence electrons. The monoisotopic (exact) mass is 511 g/mol. The first-order valence-corrected chi connectivity index (χ1v) is 15.0. The van der Waals surface area contributed by atoms with Gasteiger partial charge in [-0.15, -0.1) is 0 Å². The van der Waals surface area contributed by atoms with Gasteiger partial charge in [0.2, 0.25) is 8.32 Å². The third-order valence-corrected chi connectivity index (χ3v) is 10.8. The molecule has 0 aliphatic heterocycles. The van der Waals surface area contributed by atoms with Gasteiger partial charge in [0.05, 0.1) is 12.4 Å². The van der Waals surface area contributed by atoms with Crippen molar-refractivity contribution in [3.63, 3.8) is 0 Å². The highest BCUT2D eigenvalue weighted by atomic mass is 35.5. The van der Waals surface area contributed by atoms with E-state index in [2.05, 4.69) is 90.5 Å². The number of fused-ring (bicyclic) bond motifs is 1. The minimum atomic E-state index is -1.86. The number of guanidine groups is 1. The van der Waals surface area contributed by atoms with Gasteiger partial charge >= 0.3 is 0 Å². The summed E-state index contributed by atoms with van der Waals surface area (Å²) in [5.41, 5.74) is 7.18. The smallest absolute Gasteiger partial charge is 0.278 e. The molecule has 3 aromatic rings. The largest absolute Gasteiger partial charge is 0.543 e. The van der Waals surface area contributed by atoms with Crippen molar-refractivity contribution < 1.29 is 9.22 Å². The van der Waals surface area contributed by atoms with E-state index in [1.165, 1.54) is 28.7 Å². The first-order valence-electron chi connectivity index (χ1n) is 11.8. The number of aromatic nitrogens is 2. The zero-order chi connectivity index (χ0) is 25.6. The Kier molecular flexibility index (Phi) is 8.50. The molecule has 0 radical (unpaired) electrons. The van der Waals surface area contributed by atoms with E-state index in [1.54, 1.807) is 0 Å². The van der Waals surface area contributed by atoms with Crippen molar-refractivity contribution in [3.8, 4) is 5.75 Å². The van der Waals surface area contributed by atoms with Gasteiger partial charge in [-0.1, -0.05) is 56.6 Å². The molecule has 0 unspecified atom stereocenters. The molecule has 0 spiro atoms. The zero-order valence-electron chi connectivity index (χ0n) is 21.1. The number of amides is 1. The summed E-state index contributed by atoms with van der Waals surface area (Å²) in [6.45, 7) is 11.8. The third kappa shape index (κ3) is 7.50. The summed E-state index contributed by atoms with van der Waals surface area (Å²) < 4.78 is 6.45. The van der Waals surface area contributed by atoms with Crippen LogP contribution in [-0.2, 0) is 6.42 Å². The first kappa shape index (κ1) is 26.6. The molecule has 3 rings (SSSR count). The van der Waals surface area contributed by atoms with Crippen molar-refractivity contribution >= 4 is 42.6 Å². The maximum Gasteiger partial charge on any atom is 0.278 e. The van der Waals surface area contributed by atoms with Gasteiger partial charge in [0, 0.05) is 6.54 Å². The number of carbonyl (C=O) groups is 1. The molecule has 0 aliphatic carbocycles. The minimum Gasteiger partial charge on any atom is -0.543 e. The number of hydrogen-bond acceptors (Lipinski definition) is 5. The predicted octanol–water partition coefficient (Wildman–Crippen LogP) is 5.73. The summed E-state index contributed by atoms with van der Waals surface area (Å²) in [5, 5.41) is 5.19. The molecular weight excluding hydrogens is 478 g/mol. The van der Waals surface area contributed by atoms with Crippen molar-refractivity contribution in [2.75, 3.05) is 6.54 Å². The van der Waals surface area contributed by atoms with E-state index >= 15 is 0 Å². The number of nitrogens with zero attached hydrogens (tertiary/aromatic N) is 3. The lowest BCUT2D eigenvalue weighted by Gasteiger charge is -2.36. The SMILES string of the molecule is CC(C)(C)[Si](C)(C)Oc1ccc2cc(CCCCN=C(N)NC(=O)c3cncc(Cl)n3)ccc2c1. The van der Waals surface area contributed by atoms with Crippen LogP contribution in [0.15, 0.2) is 53.8 Å². The molecule has 7 nitrogen and oxygen atoms in total. The second-order valence-corrected chi connectivity index (χ2v) is 15.2. The minimum absolute atomic E-state index is 0.0539. The van der Waals surface area contributed by atoms with E-state index in [0.717, 1.165) is 25.0 Å². The summed E-state index contributed by atoms with van der Waals surface area (Å²) in [4.78, 5) is 24.0. The van der Waals surface area contributed by atoms with Gasteiger partial charge in [-0.3, -0.25) is 20.1 Å². The number of halogens is 1. The Balaban J connectivity index is 1.49. The number of benzene rings is 2. The van der Waals surface area contributed by atoms with Crippen molar-refractivity contribution in [2.24, 2.45) is 10.7 Å². The number of nitrogens with two attached hydrogens (primary N) is 1. The van der Waals surface area contributed by atoms with Gasteiger partial charge in [-0.25, -0.2) is 4.98 Å². The lowest BCUT2D eigenvalue weighted by Crippen LogP contribution is -2.43. The Morgan fingerprint density at radius 2 is 1.83 bits per heavy atom. The van der Waals surface area contributed by atoms with E-state index in [9.17, 15) is 4.79 Å². The van der Waals surface area contributed by atoms with Gasteiger partial charge in [0.1, 0.15) is 16.6 Å². The fourth-order valence-corrected chi connectivity index (χ4v) is 4.42.